The van der Waals surface area contributed by atoms with Gasteiger partial charge in [-0.05, 0) is 59.7 Å². The first-order valence-electron chi connectivity index (χ1n) is 8.58. The van der Waals surface area contributed by atoms with E-state index in [1.54, 1.807) is 12.1 Å². The van der Waals surface area contributed by atoms with Crippen LogP contribution in [0.15, 0.2) is 28.7 Å². The summed E-state index contributed by atoms with van der Waals surface area (Å²) in [6.07, 6.45) is 2.00. The van der Waals surface area contributed by atoms with Gasteiger partial charge in [0.05, 0.1) is 5.56 Å². The third-order valence-electron chi connectivity index (χ3n) is 3.92. The molecule has 0 radical (unpaired) electrons. The number of nitrogens with one attached hydrogen (secondary N) is 2. The molecule has 0 aliphatic carbocycles. The van der Waals surface area contributed by atoms with Crippen LogP contribution in [0.25, 0.3) is 0 Å². The third kappa shape index (κ3) is 6.63. The van der Waals surface area contributed by atoms with Gasteiger partial charge in [0.2, 0.25) is 5.91 Å². The number of carbonyl (C=O) groups is 2. The van der Waals surface area contributed by atoms with Crippen molar-refractivity contribution in [3.63, 3.8) is 0 Å². The minimum atomic E-state index is -0.550. The summed E-state index contributed by atoms with van der Waals surface area (Å²) >= 11 is 3.37. The van der Waals surface area contributed by atoms with Crippen molar-refractivity contribution in [1.29, 1.82) is 0 Å². The van der Waals surface area contributed by atoms with Crippen molar-refractivity contribution >= 4 is 27.7 Å². The highest BCUT2D eigenvalue weighted by Gasteiger charge is 2.26. The predicted octanol–water partition coefficient (Wildman–Crippen LogP) is 4.14. The molecule has 134 valence electrons. The van der Waals surface area contributed by atoms with Crippen LogP contribution in [0.4, 0.5) is 0 Å². The van der Waals surface area contributed by atoms with Crippen LogP contribution in [0.3, 0.4) is 0 Å². The summed E-state index contributed by atoms with van der Waals surface area (Å²) in [4.78, 5) is 25.0. The largest absolute Gasteiger partial charge is 0.352 e. The summed E-state index contributed by atoms with van der Waals surface area (Å²) in [6.45, 7) is 10.2. The molecule has 0 aromatic heterocycles. The minimum Gasteiger partial charge on any atom is -0.352 e. The molecular formula is C19H29BrN2O2. The maximum Gasteiger partial charge on any atom is 0.253 e. The Hall–Kier alpha value is -1.36. The second-order valence-corrected chi connectivity index (χ2v) is 7.91. The Morgan fingerprint density at radius 1 is 1.00 bits per heavy atom. The Labute approximate surface area is 153 Å². The third-order valence-corrected chi connectivity index (χ3v) is 4.61. The van der Waals surface area contributed by atoms with Crippen LogP contribution < -0.4 is 10.6 Å². The van der Waals surface area contributed by atoms with Crippen LogP contribution >= 0.6 is 15.9 Å². The Morgan fingerprint density at radius 3 is 2.17 bits per heavy atom. The van der Waals surface area contributed by atoms with Crippen molar-refractivity contribution in [2.75, 3.05) is 0 Å². The molecule has 0 aliphatic rings. The van der Waals surface area contributed by atoms with E-state index in [1.165, 1.54) is 0 Å². The summed E-state index contributed by atoms with van der Waals surface area (Å²) in [5.74, 6) is 0.252. The lowest BCUT2D eigenvalue weighted by atomic mass is 10.0. The molecule has 24 heavy (non-hydrogen) atoms. The number of rotatable bonds is 8. The molecule has 2 amide bonds. The molecule has 0 unspecified atom stereocenters. The van der Waals surface area contributed by atoms with Crippen LogP contribution in [0.5, 0.6) is 0 Å². The minimum absolute atomic E-state index is 0.00809. The molecular weight excluding hydrogens is 368 g/mol. The summed E-state index contributed by atoms with van der Waals surface area (Å²) < 4.78 is 0.718. The molecule has 1 aromatic rings. The Kier molecular flexibility index (Phi) is 8.46. The van der Waals surface area contributed by atoms with Gasteiger partial charge in [0, 0.05) is 10.5 Å². The zero-order valence-corrected chi connectivity index (χ0v) is 16.8. The van der Waals surface area contributed by atoms with Crippen molar-refractivity contribution in [2.24, 2.45) is 11.8 Å². The van der Waals surface area contributed by atoms with Gasteiger partial charge in [-0.15, -0.1) is 0 Å². The van der Waals surface area contributed by atoms with Gasteiger partial charge < -0.3 is 10.6 Å². The quantitative estimate of drug-likeness (QED) is 0.693. The number of carbonyl (C=O) groups excluding carboxylic acids is 2. The normalized spacial score (nSPS) is 13.7. The molecule has 0 spiro atoms. The SMILES string of the molecule is CC(C)CC[C@H](C)NC(=O)[C@@H](NC(=O)c1ccccc1Br)C(C)C. The molecule has 2 atom stereocenters. The average molecular weight is 397 g/mol. The van der Waals surface area contributed by atoms with E-state index in [-0.39, 0.29) is 23.8 Å². The van der Waals surface area contributed by atoms with Gasteiger partial charge in [-0.1, -0.05) is 39.8 Å². The fraction of sp³-hybridized carbons (Fsp3) is 0.579. The number of benzene rings is 1. The van der Waals surface area contributed by atoms with Crippen LogP contribution in [0.1, 0.15) is 57.8 Å². The van der Waals surface area contributed by atoms with E-state index >= 15 is 0 Å². The number of amides is 2. The molecule has 0 saturated carbocycles. The van der Waals surface area contributed by atoms with Gasteiger partial charge in [-0.25, -0.2) is 0 Å². The molecule has 0 bridgehead atoms. The van der Waals surface area contributed by atoms with E-state index in [2.05, 4.69) is 40.4 Å². The molecule has 1 rings (SSSR count). The van der Waals surface area contributed by atoms with Crippen LogP contribution in [0, 0.1) is 11.8 Å². The maximum atomic E-state index is 12.6. The van der Waals surface area contributed by atoms with Gasteiger partial charge in [0.25, 0.3) is 5.91 Å². The zero-order valence-electron chi connectivity index (χ0n) is 15.2. The number of hydrogen-bond acceptors (Lipinski definition) is 2. The molecule has 0 saturated heterocycles. The van der Waals surface area contributed by atoms with Gasteiger partial charge in [-0.2, -0.15) is 0 Å². The Morgan fingerprint density at radius 2 is 1.62 bits per heavy atom. The van der Waals surface area contributed by atoms with Gasteiger partial charge >= 0.3 is 0 Å². The molecule has 0 heterocycles. The predicted molar refractivity (Wildman–Crippen MR) is 102 cm³/mol. The van der Waals surface area contributed by atoms with Gasteiger partial charge in [0.1, 0.15) is 6.04 Å². The highest BCUT2D eigenvalue weighted by Crippen LogP contribution is 2.16. The molecule has 0 fully saturated rings. The second kappa shape index (κ2) is 9.82. The first-order valence-corrected chi connectivity index (χ1v) is 9.37. The lowest BCUT2D eigenvalue weighted by Crippen LogP contribution is -2.51. The van der Waals surface area contributed by atoms with E-state index in [0.29, 0.717) is 11.5 Å². The van der Waals surface area contributed by atoms with E-state index in [1.807, 2.05) is 32.9 Å². The number of halogens is 1. The fourth-order valence-electron chi connectivity index (χ4n) is 2.39. The zero-order chi connectivity index (χ0) is 18.3. The standard InChI is InChI=1S/C19H29BrN2O2/c1-12(2)10-11-14(5)21-19(24)17(13(3)4)22-18(23)15-8-6-7-9-16(15)20/h6-9,12-14,17H,10-11H2,1-5H3,(H,21,24)(H,22,23)/t14-,17-/m0/s1. The average Bonchev–Trinajstić information content (AvgIpc) is 2.50. The molecule has 1 aromatic carbocycles. The lowest BCUT2D eigenvalue weighted by molar-refractivity contribution is -0.124. The summed E-state index contributed by atoms with van der Waals surface area (Å²) in [6, 6.07) is 6.75. The molecule has 0 aliphatic heterocycles. The van der Waals surface area contributed by atoms with Gasteiger partial charge in [-0.3, -0.25) is 9.59 Å². The Balaban J connectivity index is 2.71. The Bertz CT molecular complexity index is 558. The summed E-state index contributed by atoms with van der Waals surface area (Å²) in [7, 11) is 0. The van der Waals surface area contributed by atoms with E-state index in [4.69, 9.17) is 0 Å². The van der Waals surface area contributed by atoms with Crippen molar-refractivity contribution < 1.29 is 9.59 Å². The molecule has 2 N–H and O–H groups in total. The van der Waals surface area contributed by atoms with E-state index < -0.39 is 6.04 Å². The first kappa shape index (κ1) is 20.7. The van der Waals surface area contributed by atoms with Gasteiger partial charge in [0.15, 0.2) is 0 Å². The van der Waals surface area contributed by atoms with Crippen LogP contribution in [0.2, 0.25) is 0 Å². The lowest BCUT2D eigenvalue weighted by Gasteiger charge is -2.24. The molecule has 5 heteroatoms. The van der Waals surface area contributed by atoms with Crippen molar-refractivity contribution in [1.82, 2.24) is 10.6 Å². The highest BCUT2D eigenvalue weighted by molar-refractivity contribution is 9.10. The number of hydrogen-bond donors (Lipinski definition) is 2. The van der Waals surface area contributed by atoms with E-state index in [9.17, 15) is 9.59 Å². The van der Waals surface area contributed by atoms with Crippen LogP contribution in [-0.4, -0.2) is 23.9 Å². The second-order valence-electron chi connectivity index (χ2n) is 7.06. The molecule has 4 nitrogen and oxygen atoms in total. The van der Waals surface area contributed by atoms with Crippen LogP contribution in [-0.2, 0) is 4.79 Å². The smallest absolute Gasteiger partial charge is 0.253 e. The summed E-state index contributed by atoms with van der Waals surface area (Å²) in [5.41, 5.74) is 0.531. The van der Waals surface area contributed by atoms with E-state index in [0.717, 1.165) is 17.3 Å². The van der Waals surface area contributed by atoms with Crippen molar-refractivity contribution in [2.45, 2.75) is 59.5 Å². The van der Waals surface area contributed by atoms with Crippen molar-refractivity contribution in [3.8, 4) is 0 Å². The topological polar surface area (TPSA) is 58.2 Å². The fourth-order valence-corrected chi connectivity index (χ4v) is 2.85. The highest BCUT2D eigenvalue weighted by atomic mass is 79.9. The first-order chi connectivity index (χ1) is 11.2. The maximum absolute atomic E-state index is 12.6. The monoisotopic (exact) mass is 396 g/mol. The summed E-state index contributed by atoms with van der Waals surface area (Å²) in [5, 5.41) is 5.89. The van der Waals surface area contributed by atoms with Crippen molar-refractivity contribution in [3.05, 3.63) is 34.3 Å².